The molecule has 0 unspecified atom stereocenters. The second-order valence-electron chi connectivity index (χ2n) is 0.894. The van der Waals surface area contributed by atoms with Crippen molar-refractivity contribution in [1.82, 2.24) is 9.59 Å². The highest BCUT2D eigenvalue weighted by atomic mass is 32.1. The standard InChI is InChI=1S/C3HN3S/c4-1-3-2-5-6-7-3/h2H. The summed E-state index contributed by atoms with van der Waals surface area (Å²) in [5.74, 6) is 0. The normalized spacial score (nSPS) is 7.86. The highest BCUT2D eigenvalue weighted by Gasteiger charge is 1.86. The molecule has 0 aliphatic heterocycles. The average Bonchev–Trinajstić information content (AvgIpc) is 2.14. The van der Waals surface area contributed by atoms with E-state index in [-0.39, 0.29) is 0 Å². The minimum atomic E-state index is 0.556. The predicted molar refractivity (Wildman–Crippen MR) is 24.6 cm³/mol. The van der Waals surface area contributed by atoms with Gasteiger partial charge in [0.2, 0.25) is 0 Å². The highest BCUT2D eigenvalue weighted by molar-refractivity contribution is 7.06. The lowest BCUT2D eigenvalue weighted by molar-refractivity contribution is 1.15. The van der Waals surface area contributed by atoms with Gasteiger partial charge in [-0.05, 0) is 11.5 Å². The molecular formula is C3HN3S. The van der Waals surface area contributed by atoms with Crippen molar-refractivity contribution in [3.05, 3.63) is 11.1 Å². The predicted octanol–water partition coefficient (Wildman–Crippen LogP) is 0.410. The molecule has 0 saturated heterocycles. The number of rotatable bonds is 0. The Balaban J connectivity index is 3.04. The topological polar surface area (TPSA) is 49.6 Å². The molecule has 0 bridgehead atoms. The number of hydrogen-bond donors (Lipinski definition) is 0. The van der Waals surface area contributed by atoms with Crippen molar-refractivity contribution in [2.24, 2.45) is 0 Å². The van der Waals surface area contributed by atoms with Crippen molar-refractivity contribution < 1.29 is 0 Å². The molecule has 1 aromatic heterocycles. The van der Waals surface area contributed by atoms with Crippen molar-refractivity contribution >= 4 is 11.5 Å². The van der Waals surface area contributed by atoms with E-state index >= 15 is 0 Å². The lowest BCUT2D eigenvalue weighted by Crippen LogP contribution is -1.55. The number of hydrogen-bond acceptors (Lipinski definition) is 4. The summed E-state index contributed by atoms with van der Waals surface area (Å²) < 4.78 is 3.46. The zero-order chi connectivity index (χ0) is 5.11. The van der Waals surface area contributed by atoms with E-state index in [9.17, 15) is 0 Å². The minimum absolute atomic E-state index is 0.556. The minimum Gasteiger partial charge on any atom is -0.191 e. The summed E-state index contributed by atoms with van der Waals surface area (Å²) in [5, 5.41) is 11.5. The Labute approximate surface area is 44.4 Å². The van der Waals surface area contributed by atoms with Crippen LogP contribution in [0.5, 0.6) is 0 Å². The zero-order valence-corrected chi connectivity index (χ0v) is 4.14. The fraction of sp³-hybridized carbons (Fsp3) is 0. The first-order valence-corrected chi connectivity index (χ1v) is 2.38. The quantitative estimate of drug-likeness (QED) is 0.487. The van der Waals surface area contributed by atoms with Gasteiger partial charge in [0, 0.05) is 0 Å². The molecule has 4 heteroatoms. The van der Waals surface area contributed by atoms with Gasteiger partial charge in [-0.25, -0.2) is 0 Å². The summed E-state index contributed by atoms with van der Waals surface area (Å²) in [6.07, 6.45) is 1.44. The third kappa shape index (κ3) is 0.725. The largest absolute Gasteiger partial charge is 0.191 e. The monoisotopic (exact) mass is 111 g/mol. The third-order valence-electron chi connectivity index (χ3n) is 0.471. The van der Waals surface area contributed by atoms with E-state index in [0.29, 0.717) is 4.88 Å². The summed E-state index contributed by atoms with van der Waals surface area (Å²) in [4.78, 5) is 0.556. The lowest BCUT2D eigenvalue weighted by atomic mass is 10.6. The van der Waals surface area contributed by atoms with Gasteiger partial charge in [0.25, 0.3) is 0 Å². The average molecular weight is 111 g/mol. The molecule has 1 heterocycles. The molecule has 0 radical (unpaired) electrons. The second-order valence-corrected chi connectivity index (χ2v) is 1.68. The Morgan fingerprint density at radius 3 is 3.00 bits per heavy atom. The second kappa shape index (κ2) is 1.67. The molecule has 0 aliphatic carbocycles. The van der Waals surface area contributed by atoms with Crippen LogP contribution in [0.1, 0.15) is 4.88 Å². The van der Waals surface area contributed by atoms with Gasteiger partial charge in [0.15, 0.2) is 0 Å². The molecule has 1 rings (SSSR count). The van der Waals surface area contributed by atoms with Crippen molar-refractivity contribution in [2.75, 3.05) is 0 Å². The summed E-state index contributed by atoms with van der Waals surface area (Å²) in [7, 11) is 0. The number of nitrogens with zero attached hydrogens (tertiary/aromatic N) is 3. The molecule has 7 heavy (non-hydrogen) atoms. The van der Waals surface area contributed by atoms with Gasteiger partial charge in [-0.15, -0.1) is 5.10 Å². The van der Waals surface area contributed by atoms with E-state index < -0.39 is 0 Å². The molecule has 0 amide bonds. The van der Waals surface area contributed by atoms with Crippen LogP contribution in [-0.2, 0) is 0 Å². The first-order valence-electron chi connectivity index (χ1n) is 1.61. The van der Waals surface area contributed by atoms with Gasteiger partial charge in [-0.3, -0.25) is 0 Å². The highest BCUT2D eigenvalue weighted by Crippen LogP contribution is 1.95. The van der Waals surface area contributed by atoms with Gasteiger partial charge < -0.3 is 0 Å². The fourth-order valence-corrected chi connectivity index (χ4v) is 0.534. The first kappa shape index (κ1) is 4.22. The Bertz CT molecular complexity index is 173. The maximum absolute atomic E-state index is 8.11. The number of aromatic nitrogens is 2. The molecular weight excluding hydrogens is 110 g/mol. The molecule has 1 aromatic rings. The molecule has 0 spiro atoms. The smallest absolute Gasteiger partial charge is 0.145 e. The summed E-state index contributed by atoms with van der Waals surface area (Å²) in [6.45, 7) is 0. The van der Waals surface area contributed by atoms with Crippen LogP contribution in [0.15, 0.2) is 6.20 Å². The Morgan fingerprint density at radius 1 is 1.86 bits per heavy atom. The van der Waals surface area contributed by atoms with Crippen molar-refractivity contribution in [2.45, 2.75) is 0 Å². The van der Waals surface area contributed by atoms with Crippen LogP contribution in [-0.4, -0.2) is 9.59 Å². The van der Waals surface area contributed by atoms with E-state index in [2.05, 4.69) is 9.59 Å². The van der Waals surface area contributed by atoms with Gasteiger partial charge in [-0.2, -0.15) is 5.26 Å². The molecule has 3 nitrogen and oxygen atoms in total. The molecule has 0 atom stereocenters. The van der Waals surface area contributed by atoms with Crippen LogP contribution >= 0.6 is 11.5 Å². The zero-order valence-electron chi connectivity index (χ0n) is 3.33. The molecule has 0 N–H and O–H groups in total. The van der Waals surface area contributed by atoms with Crippen molar-refractivity contribution in [3.63, 3.8) is 0 Å². The molecule has 0 aliphatic rings. The molecule has 0 fully saturated rings. The van der Waals surface area contributed by atoms with Gasteiger partial charge >= 0.3 is 0 Å². The van der Waals surface area contributed by atoms with Crippen LogP contribution in [0.4, 0.5) is 0 Å². The fourth-order valence-electron chi connectivity index (χ4n) is 0.216. The van der Waals surface area contributed by atoms with E-state index in [4.69, 9.17) is 5.26 Å². The van der Waals surface area contributed by atoms with Crippen LogP contribution in [0.2, 0.25) is 0 Å². The van der Waals surface area contributed by atoms with Crippen LogP contribution in [0.3, 0.4) is 0 Å². The Hall–Kier alpha value is -0.950. The summed E-state index contributed by atoms with van der Waals surface area (Å²) >= 11 is 1.10. The van der Waals surface area contributed by atoms with Crippen LogP contribution in [0, 0.1) is 11.3 Å². The van der Waals surface area contributed by atoms with Crippen LogP contribution in [0.25, 0.3) is 0 Å². The van der Waals surface area contributed by atoms with E-state index in [0.717, 1.165) is 11.5 Å². The van der Waals surface area contributed by atoms with Gasteiger partial charge in [-0.1, -0.05) is 4.49 Å². The van der Waals surface area contributed by atoms with Gasteiger partial charge in [0.05, 0.1) is 6.20 Å². The summed E-state index contributed by atoms with van der Waals surface area (Å²) in [5.41, 5.74) is 0. The van der Waals surface area contributed by atoms with E-state index in [1.807, 2.05) is 6.07 Å². The molecule has 0 saturated carbocycles. The Morgan fingerprint density at radius 2 is 2.71 bits per heavy atom. The maximum atomic E-state index is 8.11. The van der Waals surface area contributed by atoms with E-state index in [1.165, 1.54) is 6.20 Å². The molecule has 0 aromatic carbocycles. The first-order chi connectivity index (χ1) is 3.43. The Kier molecular flexibility index (Phi) is 1.00. The number of nitriles is 1. The molecule has 34 valence electrons. The van der Waals surface area contributed by atoms with Gasteiger partial charge in [0.1, 0.15) is 10.9 Å². The van der Waals surface area contributed by atoms with Crippen molar-refractivity contribution in [1.29, 1.82) is 5.26 Å². The summed E-state index contributed by atoms with van der Waals surface area (Å²) in [6, 6.07) is 1.90. The SMILES string of the molecule is N#Cc1cnns1. The van der Waals surface area contributed by atoms with Crippen LogP contribution < -0.4 is 0 Å². The van der Waals surface area contributed by atoms with E-state index in [1.54, 1.807) is 0 Å². The third-order valence-corrected chi connectivity index (χ3v) is 1.04. The maximum Gasteiger partial charge on any atom is 0.145 e. The lowest BCUT2D eigenvalue weighted by Gasteiger charge is -1.57. The van der Waals surface area contributed by atoms with Crippen molar-refractivity contribution in [3.8, 4) is 6.07 Å².